The second-order valence-electron chi connectivity index (χ2n) is 6.65. The zero-order valence-electron chi connectivity index (χ0n) is 15.6. The van der Waals surface area contributed by atoms with Crippen LogP contribution >= 0.6 is 15.9 Å². The second-order valence-corrected chi connectivity index (χ2v) is 7.51. The highest BCUT2D eigenvalue weighted by molar-refractivity contribution is 9.10. The minimum atomic E-state index is -0.629. The number of hydrogen-bond donors (Lipinski definition) is 2. The number of β-amino-alcohol motifs (C(OH)–C–C–N with tert-alkyl or cyclic N) is 1. The molecule has 150 valence electrons. The van der Waals surface area contributed by atoms with Crippen LogP contribution < -0.4 is 10.1 Å². The number of hydrogen-bond acceptors (Lipinski definition) is 5. The number of carbonyl (C=O) groups is 1. The van der Waals surface area contributed by atoms with E-state index in [1.54, 1.807) is 18.2 Å². The minimum Gasteiger partial charge on any atom is -0.488 e. The van der Waals surface area contributed by atoms with Crippen LogP contribution in [0.4, 0.5) is 0 Å². The summed E-state index contributed by atoms with van der Waals surface area (Å²) in [4.78, 5) is 14.7. The molecule has 3 rings (SSSR count). The average Bonchev–Trinajstić information content (AvgIpc) is 2.72. The fraction of sp³-hybridized carbons (Fsp3) is 0.381. The van der Waals surface area contributed by atoms with Crippen molar-refractivity contribution in [3.05, 3.63) is 64.1 Å². The van der Waals surface area contributed by atoms with E-state index in [0.717, 1.165) is 23.1 Å². The molecule has 1 aliphatic rings. The zero-order chi connectivity index (χ0) is 19.8. The van der Waals surface area contributed by atoms with Gasteiger partial charge in [-0.2, -0.15) is 0 Å². The molecule has 0 spiro atoms. The van der Waals surface area contributed by atoms with Crippen LogP contribution in [0.5, 0.6) is 5.75 Å². The molecule has 1 unspecified atom stereocenters. The monoisotopic (exact) mass is 448 g/mol. The first-order valence-electron chi connectivity index (χ1n) is 9.35. The summed E-state index contributed by atoms with van der Waals surface area (Å²) in [6.07, 6.45) is -0.629. The molecule has 0 saturated carbocycles. The van der Waals surface area contributed by atoms with E-state index in [1.807, 2.05) is 30.3 Å². The number of nitrogens with zero attached hydrogens (tertiary/aromatic N) is 1. The molecule has 1 aliphatic heterocycles. The van der Waals surface area contributed by atoms with Crippen molar-refractivity contribution in [3.63, 3.8) is 0 Å². The van der Waals surface area contributed by atoms with Crippen LogP contribution in [0.1, 0.15) is 15.9 Å². The molecule has 2 N–H and O–H groups in total. The minimum absolute atomic E-state index is 0.189. The normalized spacial score (nSPS) is 15.8. The van der Waals surface area contributed by atoms with Gasteiger partial charge in [0.05, 0.1) is 24.9 Å². The van der Waals surface area contributed by atoms with E-state index >= 15 is 0 Å². The quantitative estimate of drug-likeness (QED) is 0.648. The molecule has 1 amide bonds. The van der Waals surface area contributed by atoms with Crippen molar-refractivity contribution in [1.29, 1.82) is 0 Å². The van der Waals surface area contributed by atoms with E-state index in [9.17, 15) is 9.90 Å². The maximum Gasteiger partial charge on any atom is 0.255 e. The van der Waals surface area contributed by atoms with Crippen LogP contribution in [0.2, 0.25) is 0 Å². The van der Waals surface area contributed by atoms with E-state index in [2.05, 4.69) is 26.1 Å². The van der Waals surface area contributed by atoms with Gasteiger partial charge in [-0.25, -0.2) is 0 Å². The van der Waals surface area contributed by atoms with Gasteiger partial charge in [-0.15, -0.1) is 0 Å². The molecular formula is C21H25BrN2O4. The first kappa shape index (κ1) is 20.8. The van der Waals surface area contributed by atoms with E-state index < -0.39 is 6.10 Å². The Morgan fingerprint density at radius 1 is 1.18 bits per heavy atom. The molecule has 1 fully saturated rings. The van der Waals surface area contributed by atoms with Crippen LogP contribution in [0.3, 0.4) is 0 Å². The molecule has 1 heterocycles. The lowest BCUT2D eigenvalue weighted by atomic mass is 10.1. The number of carbonyl (C=O) groups excluding carboxylic acids is 1. The molecule has 2 aromatic rings. The average molecular weight is 449 g/mol. The maximum atomic E-state index is 12.6. The van der Waals surface area contributed by atoms with Crippen molar-refractivity contribution in [2.45, 2.75) is 12.7 Å². The van der Waals surface area contributed by atoms with Crippen LogP contribution in [0, 0.1) is 0 Å². The summed E-state index contributed by atoms with van der Waals surface area (Å²) in [5, 5.41) is 13.0. The number of aliphatic hydroxyl groups is 1. The Morgan fingerprint density at radius 3 is 2.68 bits per heavy atom. The van der Waals surface area contributed by atoms with Gasteiger partial charge in [-0.3, -0.25) is 9.69 Å². The predicted molar refractivity (Wildman–Crippen MR) is 111 cm³/mol. The standard InChI is InChI=1S/C21H25BrN2O4/c22-19-7-3-1-5-16(19)15-28-20-8-4-2-6-18(20)21(26)23-13-17(25)14-24-9-11-27-12-10-24/h1-8,17,25H,9-15H2,(H,23,26). The third-order valence-electron chi connectivity index (χ3n) is 4.54. The van der Waals surface area contributed by atoms with Gasteiger partial charge in [0.1, 0.15) is 12.4 Å². The summed E-state index contributed by atoms with van der Waals surface area (Å²) in [5.74, 6) is 0.252. The van der Waals surface area contributed by atoms with Gasteiger partial charge in [0.15, 0.2) is 0 Å². The van der Waals surface area contributed by atoms with Crippen LogP contribution in [0.25, 0.3) is 0 Å². The Hall–Kier alpha value is -1.93. The number of halogens is 1. The number of benzene rings is 2. The number of nitrogens with one attached hydrogen (secondary N) is 1. The van der Waals surface area contributed by atoms with Gasteiger partial charge < -0.3 is 19.9 Å². The molecule has 0 aliphatic carbocycles. The number of rotatable bonds is 8. The lowest BCUT2D eigenvalue weighted by Crippen LogP contribution is -2.44. The lowest BCUT2D eigenvalue weighted by molar-refractivity contribution is 0.0149. The highest BCUT2D eigenvalue weighted by Gasteiger charge is 2.17. The Bertz CT molecular complexity index is 781. The number of aliphatic hydroxyl groups excluding tert-OH is 1. The van der Waals surface area contributed by atoms with Crippen molar-refractivity contribution in [2.75, 3.05) is 39.4 Å². The Labute approximate surface area is 173 Å². The largest absolute Gasteiger partial charge is 0.488 e. The number of morpholine rings is 1. The van der Waals surface area contributed by atoms with Crippen molar-refractivity contribution in [3.8, 4) is 5.75 Å². The number of ether oxygens (including phenoxy) is 2. The molecule has 0 aromatic heterocycles. The lowest BCUT2D eigenvalue weighted by Gasteiger charge is -2.28. The number of para-hydroxylation sites is 1. The zero-order valence-corrected chi connectivity index (χ0v) is 17.2. The highest BCUT2D eigenvalue weighted by atomic mass is 79.9. The molecular weight excluding hydrogens is 424 g/mol. The molecule has 1 atom stereocenters. The highest BCUT2D eigenvalue weighted by Crippen LogP contribution is 2.22. The van der Waals surface area contributed by atoms with Crippen LogP contribution in [-0.2, 0) is 11.3 Å². The third kappa shape index (κ3) is 6.04. The Balaban J connectivity index is 1.54. The summed E-state index contributed by atoms with van der Waals surface area (Å²) >= 11 is 3.50. The molecule has 28 heavy (non-hydrogen) atoms. The van der Waals surface area contributed by atoms with Crippen LogP contribution in [0.15, 0.2) is 53.0 Å². The van der Waals surface area contributed by atoms with Crippen molar-refractivity contribution >= 4 is 21.8 Å². The first-order valence-corrected chi connectivity index (χ1v) is 10.1. The maximum absolute atomic E-state index is 12.6. The molecule has 0 bridgehead atoms. The fourth-order valence-corrected chi connectivity index (χ4v) is 3.40. The molecule has 0 radical (unpaired) electrons. The Morgan fingerprint density at radius 2 is 1.89 bits per heavy atom. The van der Waals surface area contributed by atoms with Gasteiger partial charge in [-0.05, 0) is 18.2 Å². The fourth-order valence-electron chi connectivity index (χ4n) is 3.00. The van der Waals surface area contributed by atoms with Crippen LogP contribution in [-0.4, -0.2) is 61.4 Å². The van der Waals surface area contributed by atoms with Gasteiger partial charge in [-0.1, -0.05) is 46.3 Å². The molecule has 2 aromatic carbocycles. The van der Waals surface area contributed by atoms with Gasteiger partial charge >= 0.3 is 0 Å². The summed E-state index contributed by atoms with van der Waals surface area (Å²) < 4.78 is 12.1. The van der Waals surface area contributed by atoms with Crippen molar-refractivity contribution in [1.82, 2.24) is 10.2 Å². The van der Waals surface area contributed by atoms with E-state index in [0.29, 0.717) is 37.7 Å². The second kappa shape index (κ2) is 10.6. The first-order chi connectivity index (χ1) is 13.6. The molecule has 6 nitrogen and oxygen atoms in total. The van der Waals surface area contributed by atoms with Crippen molar-refractivity contribution in [2.24, 2.45) is 0 Å². The number of amides is 1. The molecule has 7 heteroatoms. The predicted octanol–water partition coefficient (Wildman–Crippen LogP) is 2.45. The Kier molecular flexibility index (Phi) is 7.85. The SMILES string of the molecule is O=C(NCC(O)CN1CCOCC1)c1ccccc1OCc1ccccc1Br. The third-order valence-corrected chi connectivity index (χ3v) is 5.32. The smallest absolute Gasteiger partial charge is 0.255 e. The summed E-state index contributed by atoms with van der Waals surface area (Å²) in [5.41, 5.74) is 1.45. The van der Waals surface area contributed by atoms with E-state index in [-0.39, 0.29) is 12.5 Å². The summed E-state index contributed by atoms with van der Waals surface area (Å²) in [6, 6.07) is 14.9. The van der Waals surface area contributed by atoms with Gasteiger partial charge in [0.2, 0.25) is 0 Å². The van der Waals surface area contributed by atoms with Crippen molar-refractivity contribution < 1.29 is 19.4 Å². The van der Waals surface area contributed by atoms with Gasteiger partial charge in [0.25, 0.3) is 5.91 Å². The van der Waals surface area contributed by atoms with E-state index in [1.165, 1.54) is 0 Å². The summed E-state index contributed by atoms with van der Waals surface area (Å²) in [7, 11) is 0. The topological polar surface area (TPSA) is 71.0 Å². The summed E-state index contributed by atoms with van der Waals surface area (Å²) in [6.45, 7) is 4.03. The van der Waals surface area contributed by atoms with Gasteiger partial charge in [0, 0.05) is 36.2 Å². The van der Waals surface area contributed by atoms with E-state index in [4.69, 9.17) is 9.47 Å². The molecule has 1 saturated heterocycles.